The van der Waals surface area contributed by atoms with Crippen molar-refractivity contribution in [3.8, 4) is 0 Å². The first-order valence-electron chi connectivity index (χ1n) is 4.46. The quantitative estimate of drug-likeness (QED) is 0.519. The summed E-state index contributed by atoms with van der Waals surface area (Å²) in [5, 5.41) is 20.6. The Bertz CT molecular complexity index is 285. The summed E-state index contributed by atoms with van der Waals surface area (Å²) in [7, 11) is 0. The molecular weight excluding hydrogens is 188 g/mol. The number of carboxylic acids is 1. The molecule has 3 N–H and O–H groups in total. The Morgan fingerprint density at radius 1 is 1.36 bits per heavy atom. The first kappa shape index (κ1) is 9.26. The van der Waals surface area contributed by atoms with Crippen LogP contribution in [-0.4, -0.2) is 53.4 Å². The maximum atomic E-state index is 10.9. The number of likely N-dealkylation sites (tertiary alicyclic amines) is 1. The van der Waals surface area contributed by atoms with Crippen LogP contribution in [0.2, 0.25) is 0 Å². The number of carboxylic acid groups (broad SMARTS) is 2. The van der Waals surface area contributed by atoms with Crippen molar-refractivity contribution in [3.05, 3.63) is 0 Å². The van der Waals surface area contributed by atoms with E-state index in [9.17, 15) is 9.59 Å². The van der Waals surface area contributed by atoms with Crippen LogP contribution in [-0.2, 0) is 4.79 Å². The molecule has 1 spiro atoms. The third kappa shape index (κ3) is 1.14. The highest BCUT2D eigenvalue weighted by molar-refractivity contribution is 5.74. The smallest absolute Gasteiger partial charge is 0.407 e. The van der Waals surface area contributed by atoms with Gasteiger partial charge in [-0.2, -0.15) is 0 Å². The van der Waals surface area contributed by atoms with Gasteiger partial charge in [-0.15, -0.1) is 0 Å². The monoisotopic (exact) mass is 200 g/mol. The molecule has 0 aromatic rings. The second kappa shape index (κ2) is 2.84. The molecule has 0 aromatic carbocycles. The molecule has 1 atom stereocenters. The Labute approximate surface area is 80.5 Å². The number of hydrogen-bond acceptors (Lipinski definition) is 3. The first-order chi connectivity index (χ1) is 6.55. The second-order valence-electron chi connectivity index (χ2n) is 4.02. The van der Waals surface area contributed by atoms with Crippen molar-refractivity contribution in [1.29, 1.82) is 0 Å². The van der Waals surface area contributed by atoms with Gasteiger partial charge < -0.3 is 20.4 Å². The van der Waals surface area contributed by atoms with E-state index in [1.165, 1.54) is 4.90 Å². The highest BCUT2D eigenvalue weighted by atomic mass is 16.4. The normalized spacial score (nSPS) is 28.9. The fourth-order valence-electron chi connectivity index (χ4n) is 2.34. The topological polar surface area (TPSA) is 89.9 Å². The predicted octanol–water partition coefficient (Wildman–Crippen LogP) is -0.730. The van der Waals surface area contributed by atoms with E-state index in [1.807, 2.05) is 0 Å². The molecule has 6 heteroatoms. The molecule has 1 amide bonds. The average Bonchev–Trinajstić information content (AvgIpc) is 2.43. The minimum atomic E-state index is -0.966. The standard InChI is InChI=1S/C8H12N2O4/c11-6(12)5-1-9-2-8(5)3-10(4-8)7(13)14/h5,9H,1-4H2,(H,11,12)(H,13,14). The van der Waals surface area contributed by atoms with Gasteiger partial charge in [0, 0.05) is 31.6 Å². The first-order valence-corrected chi connectivity index (χ1v) is 4.46. The van der Waals surface area contributed by atoms with Crippen molar-refractivity contribution in [3.63, 3.8) is 0 Å². The molecule has 0 bridgehead atoms. The van der Waals surface area contributed by atoms with E-state index in [2.05, 4.69) is 5.32 Å². The number of nitrogens with one attached hydrogen (secondary N) is 1. The lowest BCUT2D eigenvalue weighted by Crippen LogP contribution is -2.62. The molecule has 0 aromatic heterocycles. The van der Waals surface area contributed by atoms with Crippen molar-refractivity contribution < 1.29 is 19.8 Å². The summed E-state index contributed by atoms with van der Waals surface area (Å²) < 4.78 is 0. The highest BCUT2D eigenvalue weighted by Crippen LogP contribution is 2.40. The van der Waals surface area contributed by atoms with Gasteiger partial charge in [-0.1, -0.05) is 0 Å². The van der Waals surface area contributed by atoms with Gasteiger partial charge in [0.25, 0.3) is 0 Å². The van der Waals surface area contributed by atoms with Gasteiger partial charge in [0.05, 0.1) is 5.92 Å². The van der Waals surface area contributed by atoms with E-state index in [0.29, 0.717) is 26.2 Å². The fraction of sp³-hybridized carbons (Fsp3) is 0.750. The van der Waals surface area contributed by atoms with Crippen molar-refractivity contribution in [2.45, 2.75) is 0 Å². The van der Waals surface area contributed by atoms with E-state index in [1.54, 1.807) is 0 Å². The Balaban J connectivity index is 2.05. The fourth-order valence-corrected chi connectivity index (χ4v) is 2.34. The Morgan fingerprint density at radius 3 is 2.50 bits per heavy atom. The highest BCUT2D eigenvalue weighted by Gasteiger charge is 2.55. The Morgan fingerprint density at radius 2 is 2.00 bits per heavy atom. The van der Waals surface area contributed by atoms with Crippen LogP contribution in [0.15, 0.2) is 0 Å². The summed E-state index contributed by atoms with van der Waals surface area (Å²) >= 11 is 0. The zero-order chi connectivity index (χ0) is 10.3. The van der Waals surface area contributed by atoms with E-state index in [0.717, 1.165) is 0 Å². The van der Waals surface area contributed by atoms with Crippen molar-refractivity contribution in [2.24, 2.45) is 11.3 Å². The molecule has 1 unspecified atom stereocenters. The molecule has 2 fully saturated rings. The van der Waals surface area contributed by atoms with E-state index in [-0.39, 0.29) is 5.41 Å². The molecule has 2 aliphatic heterocycles. The summed E-state index contributed by atoms with van der Waals surface area (Å²) in [5.74, 6) is -1.28. The number of hydrogen-bond donors (Lipinski definition) is 3. The molecule has 78 valence electrons. The van der Waals surface area contributed by atoms with Crippen LogP contribution < -0.4 is 5.32 Å². The average molecular weight is 200 g/mol. The van der Waals surface area contributed by atoms with Gasteiger partial charge in [-0.25, -0.2) is 4.79 Å². The van der Waals surface area contributed by atoms with E-state index < -0.39 is 18.0 Å². The van der Waals surface area contributed by atoms with Gasteiger partial charge in [0.1, 0.15) is 0 Å². The van der Waals surface area contributed by atoms with Gasteiger partial charge in [0.2, 0.25) is 0 Å². The molecule has 2 heterocycles. The van der Waals surface area contributed by atoms with E-state index >= 15 is 0 Å². The lowest BCUT2D eigenvalue weighted by molar-refractivity contribution is -0.148. The van der Waals surface area contributed by atoms with Crippen LogP contribution in [0.3, 0.4) is 0 Å². The molecule has 6 nitrogen and oxygen atoms in total. The van der Waals surface area contributed by atoms with Crippen molar-refractivity contribution in [2.75, 3.05) is 26.2 Å². The lowest BCUT2D eigenvalue weighted by atomic mass is 9.72. The summed E-state index contributed by atoms with van der Waals surface area (Å²) in [5.41, 5.74) is -0.357. The van der Waals surface area contributed by atoms with E-state index in [4.69, 9.17) is 10.2 Å². The number of aliphatic carboxylic acids is 1. The summed E-state index contributed by atoms with van der Waals surface area (Å²) in [6.45, 7) is 1.73. The van der Waals surface area contributed by atoms with Crippen molar-refractivity contribution >= 4 is 12.1 Å². The van der Waals surface area contributed by atoms with Crippen LogP contribution in [0.5, 0.6) is 0 Å². The third-order valence-electron chi connectivity index (χ3n) is 3.14. The van der Waals surface area contributed by atoms with Crippen LogP contribution in [0.1, 0.15) is 0 Å². The van der Waals surface area contributed by atoms with Gasteiger partial charge in [-0.05, 0) is 0 Å². The molecule has 2 saturated heterocycles. The number of amides is 1. The van der Waals surface area contributed by atoms with Crippen LogP contribution in [0.25, 0.3) is 0 Å². The zero-order valence-electron chi connectivity index (χ0n) is 7.56. The molecule has 2 aliphatic rings. The third-order valence-corrected chi connectivity index (χ3v) is 3.14. The number of nitrogens with zero attached hydrogens (tertiary/aromatic N) is 1. The zero-order valence-corrected chi connectivity index (χ0v) is 7.56. The van der Waals surface area contributed by atoms with Crippen LogP contribution in [0.4, 0.5) is 4.79 Å². The minimum Gasteiger partial charge on any atom is -0.481 e. The molecular formula is C8H12N2O4. The number of carbonyl (C=O) groups is 2. The summed E-state index contributed by atoms with van der Waals surface area (Å²) in [4.78, 5) is 22.7. The van der Waals surface area contributed by atoms with Crippen LogP contribution in [0, 0.1) is 11.3 Å². The maximum absolute atomic E-state index is 10.9. The van der Waals surface area contributed by atoms with Gasteiger partial charge >= 0.3 is 12.1 Å². The summed E-state index contributed by atoms with van der Waals surface area (Å²) in [6.07, 6.45) is -0.966. The lowest BCUT2D eigenvalue weighted by Gasteiger charge is -2.48. The molecule has 14 heavy (non-hydrogen) atoms. The predicted molar refractivity (Wildman–Crippen MR) is 46.0 cm³/mol. The maximum Gasteiger partial charge on any atom is 0.407 e. The van der Waals surface area contributed by atoms with Gasteiger partial charge in [0.15, 0.2) is 0 Å². The largest absolute Gasteiger partial charge is 0.481 e. The second-order valence-corrected chi connectivity index (χ2v) is 4.02. The van der Waals surface area contributed by atoms with Gasteiger partial charge in [-0.3, -0.25) is 4.79 Å². The molecule has 0 radical (unpaired) electrons. The Hall–Kier alpha value is -1.30. The molecule has 0 saturated carbocycles. The Kier molecular flexibility index (Phi) is 1.88. The number of rotatable bonds is 1. The van der Waals surface area contributed by atoms with Crippen LogP contribution >= 0.6 is 0 Å². The minimum absolute atomic E-state index is 0.340. The SMILES string of the molecule is O=C(O)C1CNCC12CN(C(=O)O)C2. The van der Waals surface area contributed by atoms with Crippen molar-refractivity contribution in [1.82, 2.24) is 10.2 Å². The molecule has 2 rings (SSSR count). The molecule has 0 aliphatic carbocycles. The summed E-state index contributed by atoms with van der Waals surface area (Å²) in [6, 6.07) is 0.